The van der Waals surface area contributed by atoms with Gasteiger partial charge in [-0.25, -0.2) is 0 Å². The fraction of sp³-hybridized carbons (Fsp3) is 0.312. The zero-order chi connectivity index (χ0) is 18.5. The number of Topliss-reactive ketones (excluding diaryl/α,β-unsaturated/α-hetero) is 1. The smallest absolute Gasteiger partial charge is 0.284 e. The van der Waals surface area contributed by atoms with Crippen LogP contribution in [0.2, 0.25) is 0 Å². The Morgan fingerprint density at radius 2 is 2.12 bits per heavy atom. The summed E-state index contributed by atoms with van der Waals surface area (Å²) >= 11 is 4.61. The lowest BCUT2D eigenvalue weighted by atomic mass is 9.85. The molecule has 1 rings (SSSR count). The standard InChI is InChI=1S/C16H16N2O5S/c1-16(2,3)15(20)12(9-17)14(19)11-5-4-10(23-6-7-24)8-13(11)18(21)22/h4-5,7-8,19H,6H2,1-3H3. The highest BCUT2D eigenvalue weighted by Gasteiger charge is 2.30. The van der Waals surface area contributed by atoms with E-state index in [1.165, 1.54) is 17.5 Å². The number of nitro benzene ring substituents is 1. The second-order valence-electron chi connectivity index (χ2n) is 5.83. The number of ketones is 1. The number of hydrogen-bond acceptors (Lipinski definition) is 7. The van der Waals surface area contributed by atoms with E-state index in [1.807, 2.05) is 0 Å². The van der Waals surface area contributed by atoms with E-state index in [2.05, 4.69) is 12.2 Å². The molecule has 8 heteroatoms. The summed E-state index contributed by atoms with van der Waals surface area (Å²) in [6.07, 6.45) is 0. The second kappa shape index (κ2) is 7.66. The third kappa shape index (κ3) is 4.36. The van der Waals surface area contributed by atoms with Crippen LogP contribution in [-0.2, 0) is 4.79 Å². The number of aliphatic hydroxyl groups excluding tert-OH is 1. The molecular weight excluding hydrogens is 332 g/mol. The van der Waals surface area contributed by atoms with Gasteiger partial charge in [0.25, 0.3) is 5.69 Å². The van der Waals surface area contributed by atoms with Crippen LogP contribution in [-0.4, -0.2) is 27.8 Å². The van der Waals surface area contributed by atoms with Gasteiger partial charge >= 0.3 is 0 Å². The third-order valence-electron chi connectivity index (χ3n) is 3.00. The molecule has 0 aromatic heterocycles. The Labute approximate surface area is 144 Å². The highest BCUT2D eigenvalue weighted by atomic mass is 32.1. The second-order valence-corrected chi connectivity index (χ2v) is 6.16. The Hall–Kier alpha value is -2.79. The van der Waals surface area contributed by atoms with E-state index in [-0.39, 0.29) is 17.9 Å². The molecule has 7 nitrogen and oxygen atoms in total. The van der Waals surface area contributed by atoms with Crippen LogP contribution >= 0.6 is 12.2 Å². The molecule has 0 aliphatic rings. The first-order valence-corrected chi connectivity index (χ1v) is 7.34. The molecule has 0 amide bonds. The van der Waals surface area contributed by atoms with Crippen molar-refractivity contribution < 1.29 is 19.6 Å². The molecule has 0 saturated heterocycles. The molecule has 0 bridgehead atoms. The number of rotatable bonds is 6. The van der Waals surface area contributed by atoms with Crippen molar-refractivity contribution in [3.8, 4) is 11.8 Å². The summed E-state index contributed by atoms with van der Waals surface area (Å²) in [6.45, 7) is 4.82. The van der Waals surface area contributed by atoms with Gasteiger partial charge in [0.05, 0.1) is 16.6 Å². The Kier molecular flexibility index (Phi) is 6.14. The summed E-state index contributed by atoms with van der Waals surface area (Å²) in [5.74, 6) is -1.16. The van der Waals surface area contributed by atoms with E-state index in [0.717, 1.165) is 6.07 Å². The van der Waals surface area contributed by atoms with Gasteiger partial charge in [0, 0.05) is 10.8 Å². The van der Waals surface area contributed by atoms with E-state index in [9.17, 15) is 25.3 Å². The van der Waals surface area contributed by atoms with Gasteiger partial charge in [0.2, 0.25) is 0 Å². The maximum Gasteiger partial charge on any atom is 0.284 e. The Morgan fingerprint density at radius 3 is 2.58 bits per heavy atom. The van der Waals surface area contributed by atoms with E-state index >= 15 is 0 Å². The maximum atomic E-state index is 12.2. The topological polar surface area (TPSA) is 113 Å². The summed E-state index contributed by atoms with van der Waals surface area (Å²) in [5, 5.41) is 32.0. The molecule has 126 valence electrons. The van der Waals surface area contributed by atoms with Gasteiger partial charge < -0.3 is 9.84 Å². The quantitative estimate of drug-likeness (QED) is 0.209. The van der Waals surface area contributed by atoms with Crippen LogP contribution < -0.4 is 4.74 Å². The number of aliphatic hydroxyl groups is 1. The van der Waals surface area contributed by atoms with E-state index in [0.29, 0.717) is 0 Å². The lowest BCUT2D eigenvalue weighted by molar-refractivity contribution is -0.385. The van der Waals surface area contributed by atoms with Gasteiger partial charge in [-0.1, -0.05) is 33.0 Å². The minimum atomic E-state index is -0.920. The highest BCUT2D eigenvalue weighted by molar-refractivity contribution is 7.79. The van der Waals surface area contributed by atoms with Gasteiger partial charge in [-0.05, 0) is 12.1 Å². The van der Waals surface area contributed by atoms with Gasteiger partial charge in [0.15, 0.2) is 11.5 Å². The molecule has 0 saturated carbocycles. The third-order valence-corrected chi connectivity index (χ3v) is 3.13. The fourth-order valence-corrected chi connectivity index (χ4v) is 1.87. The van der Waals surface area contributed by atoms with Crippen LogP contribution in [0.5, 0.6) is 5.75 Å². The molecular formula is C16H16N2O5S. The summed E-state index contributed by atoms with van der Waals surface area (Å²) in [6, 6.07) is 5.33. The predicted octanol–water partition coefficient (Wildman–Crippen LogP) is 3.38. The number of allylic oxidation sites excluding steroid dienone is 1. The number of thiocarbonyl (C=S) groups is 1. The maximum absolute atomic E-state index is 12.2. The minimum absolute atomic E-state index is 0.0829. The van der Waals surface area contributed by atoms with E-state index < -0.39 is 33.1 Å². The summed E-state index contributed by atoms with van der Waals surface area (Å²) in [7, 11) is 0. The normalized spacial score (nSPS) is 11.9. The number of hydrogen-bond donors (Lipinski definition) is 1. The van der Waals surface area contributed by atoms with Crippen molar-refractivity contribution in [3.63, 3.8) is 0 Å². The first kappa shape index (κ1) is 19.3. The summed E-state index contributed by atoms with van der Waals surface area (Å²) in [5.41, 5.74) is -2.17. The van der Waals surface area contributed by atoms with Crippen LogP contribution in [0.4, 0.5) is 5.69 Å². The number of benzene rings is 1. The fourth-order valence-electron chi connectivity index (χ4n) is 1.80. The number of carbonyl (C=O) groups excluding carboxylic acids is 1. The van der Waals surface area contributed by atoms with E-state index in [4.69, 9.17) is 4.74 Å². The molecule has 0 heterocycles. The van der Waals surface area contributed by atoms with Gasteiger partial charge in [-0.3, -0.25) is 14.9 Å². The summed E-state index contributed by atoms with van der Waals surface area (Å²) in [4.78, 5) is 22.8. The summed E-state index contributed by atoms with van der Waals surface area (Å²) < 4.78 is 5.18. The molecule has 1 aromatic carbocycles. The minimum Gasteiger partial charge on any atom is -0.506 e. The Balaban J connectivity index is 3.50. The monoisotopic (exact) mass is 348 g/mol. The van der Waals surface area contributed by atoms with Gasteiger partial charge in [0.1, 0.15) is 24.0 Å². The molecule has 1 N–H and O–H groups in total. The lowest BCUT2D eigenvalue weighted by Crippen LogP contribution is -2.22. The molecule has 0 aliphatic heterocycles. The number of ether oxygens (including phenoxy) is 1. The van der Waals surface area contributed by atoms with E-state index in [1.54, 1.807) is 26.8 Å². The van der Waals surface area contributed by atoms with Crippen LogP contribution in [0.15, 0.2) is 23.8 Å². The average molecular weight is 348 g/mol. The largest absolute Gasteiger partial charge is 0.506 e. The number of nitro groups is 1. The van der Waals surface area contributed by atoms with Crippen molar-refractivity contribution in [2.75, 3.05) is 6.61 Å². The molecule has 0 atom stereocenters. The molecule has 1 aromatic rings. The average Bonchev–Trinajstić information content (AvgIpc) is 2.52. The van der Waals surface area contributed by atoms with Crippen molar-refractivity contribution in [2.45, 2.75) is 20.8 Å². The van der Waals surface area contributed by atoms with Crippen LogP contribution in [0.25, 0.3) is 5.76 Å². The van der Waals surface area contributed by atoms with Crippen molar-refractivity contribution in [1.82, 2.24) is 0 Å². The van der Waals surface area contributed by atoms with Crippen molar-refractivity contribution >= 4 is 34.8 Å². The van der Waals surface area contributed by atoms with Crippen LogP contribution in [0.3, 0.4) is 0 Å². The molecule has 0 spiro atoms. The lowest BCUT2D eigenvalue weighted by Gasteiger charge is -2.16. The number of nitriles is 1. The van der Waals surface area contributed by atoms with Gasteiger partial charge in [-0.15, -0.1) is 0 Å². The molecule has 0 radical (unpaired) electrons. The zero-order valence-electron chi connectivity index (χ0n) is 13.4. The number of carbonyl (C=O) groups is 1. The van der Waals surface area contributed by atoms with Crippen molar-refractivity contribution in [1.29, 1.82) is 5.26 Å². The molecule has 0 aliphatic carbocycles. The number of nitrogens with zero attached hydrogens (tertiary/aromatic N) is 2. The van der Waals surface area contributed by atoms with Crippen molar-refractivity contribution in [2.24, 2.45) is 5.41 Å². The van der Waals surface area contributed by atoms with Gasteiger partial charge in [-0.2, -0.15) is 5.26 Å². The first-order chi connectivity index (χ1) is 11.1. The highest BCUT2D eigenvalue weighted by Crippen LogP contribution is 2.32. The Bertz CT molecular complexity index is 757. The van der Waals surface area contributed by atoms with Crippen LogP contribution in [0.1, 0.15) is 26.3 Å². The first-order valence-electron chi connectivity index (χ1n) is 6.86. The van der Waals surface area contributed by atoms with Crippen LogP contribution in [0, 0.1) is 26.9 Å². The Morgan fingerprint density at radius 1 is 1.50 bits per heavy atom. The molecule has 24 heavy (non-hydrogen) atoms. The predicted molar refractivity (Wildman–Crippen MR) is 91.9 cm³/mol. The van der Waals surface area contributed by atoms with Crippen molar-refractivity contribution in [3.05, 3.63) is 39.4 Å². The molecule has 0 fully saturated rings. The SMILES string of the molecule is CC(C)(C)C(=O)C(C#N)=C(O)c1ccc(OCC=S)cc1[N+](=O)[O-]. The zero-order valence-corrected chi connectivity index (χ0v) is 14.2. The molecule has 0 unspecified atom stereocenters.